The van der Waals surface area contributed by atoms with E-state index in [1.165, 1.54) is 24.3 Å². The third-order valence-corrected chi connectivity index (χ3v) is 10.7. The van der Waals surface area contributed by atoms with Gasteiger partial charge in [0.2, 0.25) is 0 Å². The molecule has 0 radical (unpaired) electrons. The van der Waals surface area contributed by atoms with Gasteiger partial charge in [0.05, 0.1) is 22.9 Å². The number of aryl methyl sites for hydroxylation is 1. The maximum atomic E-state index is 14.0. The van der Waals surface area contributed by atoms with Crippen LogP contribution in [0.2, 0.25) is 0 Å². The van der Waals surface area contributed by atoms with Gasteiger partial charge in [-0.25, -0.2) is 16.8 Å². The van der Waals surface area contributed by atoms with Crippen LogP contribution in [0.1, 0.15) is 17.2 Å². The van der Waals surface area contributed by atoms with Gasteiger partial charge in [0.1, 0.15) is 16.5 Å². The Labute approximate surface area is 199 Å². The highest BCUT2D eigenvalue weighted by Crippen LogP contribution is 2.41. The van der Waals surface area contributed by atoms with Crippen molar-refractivity contribution >= 4 is 25.6 Å². The van der Waals surface area contributed by atoms with E-state index in [0.29, 0.717) is 5.56 Å². The Morgan fingerprint density at radius 3 is 1.68 bits per heavy atom. The fraction of sp³-hybridized carbons (Fsp3) is 0.240. The van der Waals surface area contributed by atoms with Gasteiger partial charge in [-0.3, -0.25) is 10.1 Å². The van der Waals surface area contributed by atoms with Gasteiger partial charge in [-0.15, -0.1) is 0 Å². The lowest BCUT2D eigenvalue weighted by atomic mass is 10.0. The highest BCUT2D eigenvalue weighted by atomic mass is 32.2. The second-order valence-corrected chi connectivity index (χ2v) is 12.4. The van der Waals surface area contributed by atoms with E-state index in [-0.39, 0.29) is 9.79 Å². The van der Waals surface area contributed by atoms with Crippen LogP contribution in [0, 0.1) is 6.92 Å². The van der Waals surface area contributed by atoms with Crippen molar-refractivity contribution in [2.24, 2.45) is 0 Å². The molecule has 3 aromatic carbocycles. The Morgan fingerprint density at radius 1 is 0.735 bits per heavy atom. The first kappa shape index (κ1) is 24.1. The molecule has 3 aromatic rings. The second-order valence-electron chi connectivity index (χ2n) is 8.20. The van der Waals surface area contributed by atoms with Crippen LogP contribution in [0.5, 0.6) is 0 Å². The lowest BCUT2D eigenvalue weighted by Gasteiger charge is -2.25. The van der Waals surface area contributed by atoms with Crippen LogP contribution >= 0.6 is 0 Å². The van der Waals surface area contributed by atoms with E-state index in [1.807, 2.05) is 19.1 Å². The third kappa shape index (κ3) is 4.26. The third-order valence-electron chi connectivity index (χ3n) is 6.09. The summed E-state index contributed by atoms with van der Waals surface area (Å²) in [4.78, 5) is 12.7. The fourth-order valence-electron chi connectivity index (χ4n) is 4.40. The van der Waals surface area contributed by atoms with Crippen LogP contribution in [-0.2, 0) is 29.2 Å². The summed E-state index contributed by atoms with van der Waals surface area (Å²) in [6, 6.07) is 20.0. The normalized spacial score (nSPS) is 22.9. The maximum absolute atomic E-state index is 14.0. The number of sulfone groups is 2. The molecule has 0 spiro atoms. The van der Waals surface area contributed by atoms with Gasteiger partial charge in [0.15, 0.2) is 19.7 Å². The van der Waals surface area contributed by atoms with Crippen LogP contribution in [0.3, 0.4) is 0 Å². The number of esters is 1. The molecule has 1 aliphatic rings. The largest absolute Gasteiger partial charge is 0.468 e. The topological polar surface area (TPSA) is 107 Å². The molecular formula is C25H25NO6S2. The molecular weight excluding hydrogens is 474 g/mol. The van der Waals surface area contributed by atoms with Gasteiger partial charge in [0.25, 0.3) is 0 Å². The number of hydrogen-bond donors (Lipinski definition) is 1. The number of carbonyl (C=O) groups excluding carboxylic acids is 1. The van der Waals surface area contributed by atoms with Crippen LogP contribution in [0.15, 0.2) is 94.7 Å². The zero-order chi connectivity index (χ0) is 24.5. The van der Waals surface area contributed by atoms with Gasteiger partial charge in [0, 0.05) is 0 Å². The summed E-state index contributed by atoms with van der Waals surface area (Å²) in [5, 5.41) is -0.0954. The molecule has 9 heteroatoms. The summed E-state index contributed by atoms with van der Waals surface area (Å²) in [5.74, 6) is -0.840. The van der Waals surface area contributed by atoms with Crippen LogP contribution in [-0.4, -0.2) is 46.5 Å². The molecule has 1 N–H and O–H groups in total. The number of hydrogen-bond acceptors (Lipinski definition) is 7. The number of methoxy groups -OCH3 is 1. The average molecular weight is 500 g/mol. The van der Waals surface area contributed by atoms with Crippen molar-refractivity contribution < 1.29 is 26.4 Å². The molecule has 34 heavy (non-hydrogen) atoms. The Kier molecular flexibility index (Phi) is 6.62. The Balaban J connectivity index is 1.97. The zero-order valence-electron chi connectivity index (χ0n) is 18.7. The monoisotopic (exact) mass is 499 g/mol. The minimum absolute atomic E-state index is 0.0160. The predicted molar refractivity (Wildman–Crippen MR) is 128 cm³/mol. The fourth-order valence-corrected chi connectivity index (χ4v) is 9.14. The summed E-state index contributed by atoms with van der Waals surface area (Å²) in [6.07, 6.45) is 0. The minimum Gasteiger partial charge on any atom is -0.468 e. The van der Waals surface area contributed by atoms with Crippen molar-refractivity contribution in [1.82, 2.24) is 5.32 Å². The molecule has 0 bridgehead atoms. The van der Waals surface area contributed by atoms with Gasteiger partial charge in [-0.05, 0) is 36.8 Å². The lowest BCUT2D eigenvalue weighted by molar-refractivity contribution is -0.142. The average Bonchev–Trinajstić information content (AvgIpc) is 3.27. The Hall–Kier alpha value is -3.01. The van der Waals surface area contributed by atoms with Crippen molar-refractivity contribution in [1.29, 1.82) is 0 Å². The number of ether oxygens (including phenoxy) is 1. The van der Waals surface area contributed by atoms with Crippen molar-refractivity contribution in [3.05, 3.63) is 96.1 Å². The summed E-state index contributed by atoms with van der Waals surface area (Å²) < 4.78 is 60.6. The van der Waals surface area contributed by atoms with Gasteiger partial charge >= 0.3 is 5.97 Å². The minimum atomic E-state index is -4.27. The molecule has 0 aliphatic carbocycles. The molecule has 7 nitrogen and oxygen atoms in total. The van der Waals surface area contributed by atoms with Crippen molar-refractivity contribution in [2.75, 3.05) is 7.11 Å². The van der Waals surface area contributed by atoms with Gasteiger partial charge in [-0.1, -0.05) is 66.2 Å². The van der Waals surface area contributed by atoms with Crippen LogP contribution in [0.4, 0.5) is 0 Å². The van der Waals surface area contributed by atoms with Gasteiger partial charge < -0.3 is 4.74 Å². The summed E-state index contributed by atoms with van der Waals surface area (Å²) >= 11 is 0. The van der Waals surface area contributed by atoms with E-state index in [0.717, 1.165) is 12.7 Å². The van der Waals surface area contributed by atoms with Crippen molar-refractivity contribution in [2.45, 2.75) is 39.3 Å². The highest BCUT2D eigenvalue weighted by molar-refractivity contribution is 7.96. The molecule has 4 atom stereocenters. The smallest absolute Gasteiger partial charge is 0.324 e. The standard InChI is InChI=1S/C25H25NO6S2/c1-17-13-15-18(16-14-17)21-23(33(28,29)19-9-5-3-6-10-19)24(22(26-21)25(27)32-2)34(30,31)20-11-7-4-8-12-20/h3-16,21-24,26H,1-2H3/t21-,22-,23+,24+/m0/s1. The second kappa shape index (κ2) is 9.32. The Bertz CT molecular complexity index is 1370. The molecule has 1 fully saturated rings. The molecule has 1 saturated heterocycles. The summed E-state index contributed by atoms with van der Waals surface area (Å²) in [7, 11) is -7.34. The predicted octanol–water partition coefficient (Wildman–Crippen LogP) is 2.87. The summed E-state index contributed by atoms with van der Waals surface area (Å²) in [5.41, 5.74) is 1.52. The van der Waals surface area contributed by atoms with Crippen LogP contribution < -0.4 is 5.32 Å². The number of carbonyl (C=O) groups is 1. The maximum Gasteiger partial charge on any atom is 0.324 e. The van der Waals surface area contributed by atoms with E-state index < -0.39 is 48.2 Å². The zero-order valence-corrected chi connectivity index (χ0v) is 20.3. The number of nitrogens with one attached hydrogen (secondary N) is 1. The van der Waals surface area contributed by atoms with E-state index in [9.17, 15) is 21.6 Å². The van der Waals surface area contributed by atoms with Crippen molar-refractivity contribution in [3.63, 3.8) is 0 Å². The number of rotatable bonds is 6. The molecule has 4 rings (SSSR count). The van der Waals surface area contributed by atoms with Gasteiger partial charge in [-0.2, -0.15) is 0 Å². The summed E-state index contributed by atoms with van der Waals surface area (Å²) in [6.45, 7) is 1.89. The first-order valence-corrected chi connectivity index (χ1v) is 13.8. The first-order chi connectivity index (χ1) is 16.2. The van der Waals surface area contributed by atoms with E-state index in [2.05, 4.69) is 5.32 Å². The molecule has 0 unspecified atom stereocenters. The number of benzene rings is 3. The SMILES string of the molecule is COC(=O)[C@H]1N[C@@H](c2ccc(C)cc2)[C@@H](S(=O)(=O)c2ccccc2)[C@@H]1S(=O)(=O)c1ccccc1. The van der Waals surface area contributed by atoms with E-state index in [1.54, 1.807) is 48.5 Å². The molecule has 0 amide bonds. The molecule has 1 aliphatic heterocycles. The molecule has 0 saturated carbocycles. The van der Waals surface area contributed by atoms with Crippen LogP contribution in [0.25, 0.3) is 0 Å². The van der Waals surface area contributed by atoms with E-state index >= 15 is 0 Å². The molecule has 178 valence electrons. The first-order valence-electron chi connectivity index (χ1n) is 10.7. The molecule has 1 heterocycles. The highest BCUT2D eigenvalue weighted by Gasteiger charge is 2.59. The quantitative estimate of drug-likeness (QED) is 0.520. The Morgan fingerprint density at radius 2 is 1.21 bits per heavy atom. The lowest BCUT2D eigenvalue weighted by Crippen LogP contribution is -2.47. The van der Waals surface area contributed by atoms with Crippen molar-refractivity contribution in [3.8, 4) is 0 Å². The van der Waals surface area contributed by atoms with E-state index in [4.69, 9.17) is 4.74 Å². The molecule has 0 aromatic heterocycles.